The molecule has 2 fully saturated rings. The first kappa shape index (κ1) is 16.8. The summed E-state index contributed by atoms with van der Waals surface area (Å²) in [5.74, 6) is 0.0699. The zero-order valence-corrected chi connectivity index (χ0v) is 13.6. The quantitative estimate of drug-likeness (QED) is 0.828. The second kappa shape index (κ2) is 7.66. The fraction of sp³-hybridized carbons (Fsp3) is 0.556. The van der Waals surface area contributed by atoms with Crippen LogP contribution in [0.5, 0.6) is 5.75 Å². The predicted molar refractivity (Wildman–Crippen MR) is 87.2 cm³/mol. The van der Waals surface area contributed by atoms with Crippen LogP contribution in [0.2, 0.25) is 0 Å². The number of aliphatic carboxylic acids is 1. The minimum Gasteiger partial charge on any atom is -0.482 e. The van der Waals surface area contributed by atoms with E-state index < -0.39 is 12.6 Å². The molecule has 2 aliphatic rings. The molecule has 1 amide bonds. The molecule has 0 radical (unpaired) electrons. The molecule has 1 saturated carbocycles. The van der Waals surface area contributed by atoms with Crippen molar-refractivity contribution < 1.29 is 24.2 Å². The van der Waals surface area contributed by atoms with Gasteiger partial charge in [-0.1, -0.05) is 6.07 Å². The molecule has 0 atom stereocenters. The van der Waals surface area contributed by atoms with Crippen LogP contribution in [-0.2, 0) is 9.53 Å². The van der Waals surface area contributed by atoms with Gasteiger partial charge in [-0.2, -0.15) is 0 Å². The van der Waals surface area contributed by atoms with Crippen LogP contribution < -0.4 is 4.74 Å². The molecule has 130 valence electrons. The average Bonchev–Trinajstić information content (AvgIpc) is 3.43. The van der Waals surface area contributed by atoms with E-state index in [0.717, 1.165) is 25.4 Å². The molecule has 1 heterocycles. The van der Waals surface area contributed by atoms with Gasteiger partial charge in [-0.05, 0) is 49.8 Å². The molecule has 0 aromatic heterocycles. The van der Waals surface area contributed by atoms with E-state index in [1.807, 2.05) is 4.90 Å². The van der Waals surface area contributed by atoms with Crippen LogP contribution in [0.1, 0.15) is 36.0 Å². The lowest BCUT2D eigenvalue weighted by atomic mass is 10.1. The van der Waals surface area contributed by atoms with Crippen molar-refractivity contribution in [3.63, 3.8) is 0 Å². The second-order valence-corrected chi connectivity index (χ2v) is 6.48. The number of carbonyl (C=O) groups is 2. The Kier molecular flexibility index (Phi) is 5.35. The lowest BCUT2D eigenvalue weighted by Crippen LogP contribution is -2.41. The largest absolute Gasteiger partial charge is 0.482 e. The monoisotopic (exact) mass is 333 g/mol. The molecule has 1 aromatic rings. The standard InChI is InChI=1S/C18H23NO5/c20-17(21)12-24-16-3-1-2-14(10-16)18(22)19-8-6-15(7-9-19)23-11-13-4-5-13/h1-3,10,13,15H,4-9,11-12H2,(H,20,21). The van der Waals surface area contributed by atoms with Gasteiger partial charge in [-0.25, -0.2) is 4.79 Å². The lowest BCUT2D eigenvalue weighted by molar-refractivity contribution is -0.139. The van der Waals surface area contributed by atoms with Crippen LogP contribution in [0, 0.1) is 5.92 Å². The summed E-state index contributed by atoms with van der Waals surface area (Å²) in [4.78, 5) is 25.0. The first-order chi connectivity index (χ1) is 11.6. The summed E-state index contributed by atoms with van der Waals surface area (Å²) in [5.41, 5.74) is 0.523. The maximum absolute atomic E-state index is 12.6. The van der Waals surface area contributed by atoms with E-state index in [1.165, 1.54) is 12.8 Å². The number of piperidine rings is 1. The summed E-state index contributed by atoms with van der Waals surface area (Å²) in [6.07, 6.45) is 4.58. The van der Waals surface area contributed by atoms with Gasteiger partial charge in [0.1, 0.15) is 5.75 Å². The number of likely N-dealkylation sites (tertiary alicyclic amines) is 1. The predicted octanol–water partition coefficient (Wildman–Crippen LogP) is 2.18. The van der Waals surface area contributed by atoms with Gasteiger partial charge in [0, 0.05) is 25.3 Å². The molecule has 1 aromatic carbocycles. The zero-order valence-electron chi connectivity index (χ0n) is 13.6. The average molecular weight is 333 g/mol. The number of carboxylic acids is 1. The first-order valence-electron chi connectivity index (χ1n) is 8.47. The fourth-order valence-electron chi connectivity index (χ4n) is 2.83. The van der Waals surface area contributed by atoms with Crippen molar-refractivity contribution in [1.29, 1.82) is 0 Å². The Morgan fingerprint density at radius 3 is 2.58 bits per heavy atom. The van der Waals surface area contributed by atoms with Gasteiger partial charge in [0.2, 0.25) is 0 Å². The van der Waals surface area contributed by atoms with E-state index in [2.05, 4.69) is 0 Å². The van der Waals surface area contributed by atoms with Crippen molar-refractivity contribution >= 4 is 11.9 Å². The maximum Gasteiger partial charge on any atom is 0.341 e. The Labute approximate surface area is 141 Å². The Morgan fingerprint density at radius 2 is 1.92 bits per heavy atom. The molecule has 1 N–H and O–H groups in total. The van der Waals surface area contributed by atoms with Crippen molar-refractivity contribution in [2.24, 2.45) is 5.92 Å². The molecule has 0 bridgehead atoms. The summed E-state index contributed by atoms with van der Waals surface area (Å²) in [5, 5.41) is 8.65. The van der Waals surface area contributed by atoms with Crippen LogP contribution in [0.25, 0.3) is 0 Å². The van der Waals surface area contributed by atoms with Gasteiger partial charge in [-0.3, -0.25) is 4.79 Å². The Balaban J connectivity index is 1.50. The Hall–Kier alpha value is -2.08. The highest BCUT2D eigenvalue weighted by Gasteiger charge is 2.27. The van der Waals surface area contributed by atoms with Gasteiger partial charge in [0.05, 0.1) is 6.10 Å². The van der Waals surface area contributed by atoms with Crippen molar-refractivity contribution in [3.8, 4) is 5.75 Å². The lowest BCUT2D eigenvalue weighted by Gasteiger charge is -2.32. The van der Waals surface area contributed by atoms with E-state index >= 15 is 0 Å². The first-order valence-corrected chi connectivity index (χ1v) is 8.47. The normalized spacial score (nSPS) is 18.4. The number of carbonyl (C=O) groups excluding carboxylic acids is 1. The smallest absolute Gasteiger partial charge is 0.341 e. The molecular weight excluding hydrogens is 310 g/mol. The summed E-state index contributed by atoms with van der Waals surface area (Å²) in [6, 6.07) is 6.68. The highest BCUT2D eigenvalue weighted by Crippen LogP contribution is 2.30. The van der Waals surface area contributed by atoms with Crippen LogP contribution in [0.4, 0.5) is 0 Å². The van der Waals surface area contributed by atoms with Crippen molar-refractivity contribution in [2.45, 2.75) is 31.8 Å². The Morgan fingerprint density at radius 1 is 1.17 bits per heavy atom. The van der Waals surface area contributed by atoms with Crippen molar-refractivity contribution in [1.82, 2.24) is 4.90 Å². The van der Waals surface area contributed by atoms with Gasteiger partial charge >= 0.3 is 5.97 Å². The molecule has 1 saturated heterocycles. The highest BCUT2D eigenvalue weighted by molar-refractivity contribution is 5.94. The Bertz CT molecular complexity index is 591. The van der Waals surface area contributed by atoms with Crippen LogP contribution in [-0.4, -0.2) is 54.3 Å². The second-order valence-electron chi connectivity index (χ2n) is 6.48. The minimum atomic E-state index is -1.04. The molecule has 24 heavy (non-hydrogen) atoms. The minimum absolute atomic E-state index is 0.0450. The number of carboxylic acid groups (broad SMARTS) is 1. The number of benzene rings is 1. The third kappa shape index (κ3) is 4.71. The highest BCUT2D eigenvalue weighted by atomic mass is 16.5. The number of hydrogen-bond donors (Lipinski definition) is 1. The van der Waals surface area contributed by atoms with Crippen molar-refractivity contribution in [3.05, 3.63) is 29.8 Å². The zero-order chi connectivity index (χ0) is 16.9. The van der Waals surface area contributed by atoms with Crippen LogP contribution in [0.15, 0.2) is 24.3 Å². The number of rotatable bonds is 7. The molecule has 1 aliphatic carbocycles. The third-order valence-electron chi connectivity index (χ3n) is 4.44. The van der Waals surface area contributed by atoms with E-state index in [4.69, 9.17) is 14.6 Å². The topological polar surface area (TPSA) is 76.1 Å². The molecule has 6 heteroatoms. The summed E-state index contributed by atoms with van der Waals surface area (Å²) < 4.78 is 11.0. The SMILES string of the molecule is O=C(O)COc1cccc(C(=O)N2CCC(OCC3CC3)CC2)c1. The summed E-state index contributed by atoms with van der Waals surface area (Å²) >= 11 is 0. The van der Waals surface area contributed by atoms with Crippen LogP contribution in [0.3, 0.4) is 0 Å². The van der Waals surface area contributed by atoms with Crippen LogP contribution >= 0.6 is 0 Å². The van der Waals surface area contributed by atoms with E-state index in [0.29, 0.717) is 24.4 Å². The summed E-state index contributed by atoms with van der Waals surface area (Å²) in [7, 11) is 0. The molecule has 3 rings (SSSR count). The number of hydrogen-bond acceptors (Lipinski definition) is 4. The van der Waals surface area contributed by atoms with Gasteiger partial charge in [0.25, 0.3) is 5.91 Å². The molecule has 6 nitrogen and oxygen atoms in total. The van der Waals surface area contributed by atoms with Gasteiger partial charge in [0.15, 0.2) is 6.61 Å². The summed E-state index contributed by atoms with van der Waals surface area (Å²) in [6.45, 7) is 1.83. The van der Waals surface area contributed by atoms with E-state index in [1.54, 1.807) is 24.3 Å². The molecule has 0 spiro atoms. The number of nitrogens with zero attached hydrogens (tertiary/aromatic N) is 1. The van der Waals surface area contributed by atoms with E-state index in [9.17, 15) is 9.59 Å². The fourth-order valence-corrected chi connectivity index (χ4v) is 2.83. The van der Waals surface area contributed by atoms with E-state index in [-0.39, 0.29) is 12.0 Å². The third-order valence-corrected chi connectivity index (χ3v) is 4.44. The van der Waals surface area contributed by atoms with Crippen molar-refractivity contribution in [2.75, 3.05) is 26.3 Å². The maximum atomic E-state index is 12.6. The molecule has 0 unspecified atom stereocenters. The van der Waals surface area contributed by atoms with Gasteiger partial charge < -0.3 is 19.5 Å². The molecular formula is C18H23NO5. The number of amides is 1. The number of ether oxygens (including phenoxy) is 2. The van der Waals surface area contributed by atoms with Gasteiger partial charge in [-0.15, -0.1) is 0 Å². The molecule has 1 aliphatic heterocycles.